The number of carbonyl (C=O) groups is 1. The van der Waals surface area contributed by atoms with E-state index in [1.165, 1.54) is 24.6 Å². The number of amides is 1. The lowest BCUT2D eigenvalue weighted by molar-refractivity contribution is 0.0421. The number of aromatic nitrogens is 1. The van der Waals surface area contributed by atoms with Crippen molar-refractivity contribution in [2.24, 2.45) is 5.73 Å². The van der Waals surface area contributed by atoms with Gasteiger partial charge in [0.25, 0.3) is 0 Å². The lowest BCUT2D eigenvalue weighted by atomic mass is 9.87. The third kappa shape index (κ3) is 3.86. The number of aryl methyl sites for hydroxylation is 1. The summed E-state index contributed by atoms with van der Waals surface area (Å²) in [7, 11) is 0. The molecule has 1 atom stereocenters. The summed E-state index contributed by atoms with van der Waals surface area (Å²) in [6.45, 7) is 1.25. The molecule has 1 amide bonds. The number of hydrogen-bond donors (Lipinski definition) is 2. The van der Waals surface area contributed by atoms with E-state index >= 15 is 0 Å². The van der Waals surface area contributed by atoms with Crippen molar-refractivity contribution in [3.8, 4) is 5.75 Å². The number of benzene rings is 2. The Labute approximate surface area is 185 Å². The summed E-state index contributed by atoms with van der Waals surface area (Å²) in [6, 6.07) is 8.03. The maximum atomic E-state index is 14.3. The number of carbonyl (C=O) groups excluding carboxylic acids is 1. The van der Waals surface area contributed by atoms with Crippen LogP contribution in [0, 0.1) is 11.6 Å². The molecule has 2 aromatic carbocycles. The van der Waals surface area contributed by atoms with Crippen molar-refractivity contribution in [2.75, 3.05) is 13.2 Å². The quantitative estimate of drug-likeness (QED) is 0.576. The van der Waals surface area contributed by atoms with Crippen molar-refractivity contribution in [1.29, 1.82) is 0 Å². The Bertz CT molecular complexity index is 1160. The molecule has 5 rings (SSSR count). The SMILES string of the molecule is NC(=O)c1ccc(F)c2c1CC(N(CCCc1c[nH]c3ccc(F)cc13)C1CCC1)CO2. The maximum absolute atomic E-state index is 14.3. The zero-order chi connectivity index (χ0) is 22.2. The van der Waals surface area contributed by atoms with Crippen molar-refractivity contribution >= 4 is 16.8 Å². The van der Waals surface area contributed by atoms with Gasteiger partial charge in [-0.15, -0.1) is 0 Å². The third-order valence-corrected chi connectivity index (χ3v) is 6.94. The van der Waals surface area contributed by atoms with Crippen molar-refractivity contribution in [1.82, 2.24) is 9.88 Å². The third-order valence-electron chi connectivity index (χ3n) is 6.94. The van der Waals surface area contributed by atoms with E-state index in [4.69, 9.17) is 10.5 Å². The molecule has 1 fully saturated rings. The first-order chi connectivity index (χ1) is 15.5. The highest BCUT2D eigenvalue weighted by molar-refractivity contribution is 5.95. The van der Waals surface area contributed by atoms with E-state index < -0.39 is 11.7 Å². The van der Waals surface area contributed by atoms with Gasteiger partial charge in [0.1, 0.15) is 12.4 Å². The molecule has 0 radical (unpaired) electrons. The van der Waals surface area contributed by atoms with Gasteiger partial charge in [-0.2, -0.15) is 0 Å². The summed E-state index contributed by atoms with van der Waals surface area (Å²) in [5, 5.41) is 0.927. The molecule has 3 N–H and O–H groups in total. The molecule has 168 valence electrons. The first-order valence-corrected chi connectivity index (χ1v) is 11.3. The molecule has 7 heteroatoms. The van der Waals surface area contributed by atoms with Crippen LogP contribution in [0.3, 0.4) is 0 Å². The zero-order valence-corrected chi connectivity index (χ0v) is 17.9. The van der Waals surface area contributed by atoms with Gasteiger partial charge in [-0.3, -0.25) is 9.69 Å². The molecule has 1 aliphatic heterocycles. The molecule has 32 heavy (non-hydrogen) atoms. The molecular weight excluding hydrogens is 412 g/mol. The first kappa shape index (κ1) is 20.9. The van der Waals surface area contributed by atoms with Gasteiger partial charge in [0.15, 0.2) is 11.6 Å². The predicted molar refractivity (Wildman–Crippen MR) is 119 cm³/mol. The van der Waals surface area contributed by atoms with Crippen LogP contribution in [0.4, 0.5) is 8.78 Å². The van der Waals surface area contributed by atoms with E-state index in [9.17, 15) is 13.6 Å². The molecule has 5 nitrogen and oxygen atoms in total. The van der Waals surface area contributed by atoms with Gasteiger partial charge in [0.2, 0.25) is 5.91 Å². The number of H-pyrrole nitrogens is 1. The molecule has 2 heterocycles. The Morgan fingerprint density at radius 1 is 1.19 bits per heavy atom. The topological polar surface area (TPSA) is 71.4 Å². The van der Waals surface area contributed by atoms with Gasteiger partial charge in [-0.25, -0.2) is 8.78 Å². The number of hydrogen-bond acceptors (Lipinski definition) is 3. The molecule has 0 bridgehead atoms. The number of aromatic amines is 1. The van der Waals surface area contributed by atoms with E-state index in [0.717, 1.165) is 48.7 Å². The molecule has 1 aliphatic carbocycles. The summed E-state index contributed by atoms with van der Waals surface area (Å²) in [5.41, 5.74) is 8.49. The molecule has 0 spiro atoms. The highest BCUT2D eigenvalue weighted by atomic mass is 19.1. The van der Waals surface area contributed by atoms with Crippen LogP contribution in [0.1, 0.15) is 47.2 Å². The average Bonchev–Trinajstić information content (AvgIpc) is 3.13. The first-order valence-electron chi connectivity index (χ1n) is 11.3. The van der Waals surface area contributed by atoms with Gasteiger partial charge < -0.3 is 15.5 Å². The van der Waals surface area contributed by atoms with Crippen molar-refractivity contribution in [3.63, 3.8) is 0 Å². The van der Waals surface area contributed by atoms with Gasteiger partial charge >= 0.3 is 0 Å². The van der Waals surface area contributed by atoms with Crippen molar-refractivity contribution < 1.29 is 18.3 Å². The predicted octanol–water partition coefficient (Wildman–Crippen LogP) is 4.34. The monoisotopic (exact) mass is 439 g/mol. The molecular formula is C25H27F2N3O2. The number of ether oxygens (including phenoxy) is 1. The minimum Gasteiger partial charge on any atom is -0.489 e. The number of halogens is 2. The number of rotatable bonds is 7. The van der Waals surface area contributed by atoms with E-state index in [2.05, 4.69) is 9.88 Å². The Morgan fingerprint density at radius 3 is 2.78 bits per heavy atom. The van der Waals surface area contributed by atoms with Crippen LogP contribution in [0.25, 0.3) is 10.9 Å². The standard InChI is InChI=1S/C25H27F2N3O2/c26-16-6-9-23-20(11-16)15(13-29-23)3-2-10-30(17-4-1-5-17)18-12-21-19(25(28)31)7-8-22(27)24(21)32-14-18/h6-9,11,13,17-18,29H,1-5,10,12,14H2,(H2,28,31). The highest BCUT2D eigenvalue weighted by Gasteiger charge is 2.35. The summed E-state index contributed by atoms with van der Waals surface area (Å²) >= 11 is 0. The van der Waals surface area contributed by atoms with Crippen molar-refractivity contribution in [3.05, 3.63) is 64.9 Å². The Hall–Kier alpha value is -2.93. The van der Waals surface area contributed by atoms with Crippen LogP contribution in [-0.4, -0.2) is 41.0 Å². The largest absolute Gasteiger partial charge is 0.489 e. The Kier molecular flexibility index (Phi) is 5.59. The molecule has 1 aromatic heterocycles. The second kappa shape index (κ2) is 8.54. The van der Waals surface area contributed by atoms with Crippen LogP contribution in [0.5, 0.6) is 5.75 Å². The summed E-state index contributed by atoms with van der Waals surface area (Å²) in [4.78, 5) is 17.6. The van der Waals surface area contributed by atoms with Gasteiger partial charge in [-0.1, -0.05) is 6.42 Å². The fourth-order valence-electron chi connectivity index (χ4n) is 5.07. The summed E-state index contributed by atoms with van der Waals surface area (Å²) in [6.07, 6.45) is 7.71. The average molecular weight is 440 g/mol. The van der Waals surface area contributed by atoms with Gasteiger partial charge in [-0.05, 0) is 74.5 Å². The molecule has 2 aliphatic rings. The number of fused-ring (bicyclic) bond motifs is 2. The minimum absolute atomic E-state index is 0.0631. The second-order valence-electron chi connectivity index (χ2n) is 8.87. The van der Waals surface area contributed by atoms with Crippen molar-refractivity contribution in [2.45, 2.75) is 50.6 Å². The number of nitrogens with one attached hydrogen (secondary N) is 1. The highest BCUT2D eigenvalue weighted by Crippen LogP contribution is 2.35. The molecule has 0 saturated heterocycles. The number of primary amides is 1. The normalized spacial score (nSPS) is 18.4. The number of nitrogens with zero attached hydrogens (tertiary/aromatic N) is 1. The zero-order valence-electron chi connectivity index (χ0n) is 17.9. The number of nitrogens with two attached hydrogens (primary N) is 1. The fraction of sp³-hybridized carbons (Fsp3) is 0.400. The maximum Gasteiger partial charge on any atom is 0.249 e. The van der Waals surface area contributed by atoms with Gasteiger partial charge in [0.05, 0.1) is 0 Å². The smallest absolute Gasteiger partial charge is 0.249 e. The van der Waals surface area contributed by atoms with E-state index in [-0.39, 0.29) is 17.6 Å². The fourth-order valence-corrected chi connectivity index (χ4v) is 5.07. The lowest BCUT2D eigenvalue weighted by Crippen LogP contribution is -2.51. The minimum atomic E-state index is -0.563. The van der Waals surface area contributed by atoms with E-state index in [1.807, 2.05) is 6.20 Å². The second-order valence-corrected chi connectivity index (χ2v) is 8.87. The lowest BCUT2D eigenvalue weighted by Gasteiger charge is -2.44. The van der Waals surface area contributed by atoms with Gasteiger partial charge in [0, 0.05) is 40.3 Å². The van der Waals surface area contributed by atoms with Crippen LogP contribution in [0.15, 0.2) is 36.5 Å². The Morgan fingerprint density at radius 2 is 2.03 bits per heavy atom. The van der Waals surface area contributed by atoms with E-state index in [1.54, 1.807) is 12.1 Å². The molecule has 3 aromatic rings. The summed E-state index contributed by atoms with van der Waals surface area (Å²) < 4.78 is 33.8. The Balaban J connectivity index is 1.32. The molecule has 1 unspecified atom stereocenters. The van der Waals surface area contributed by atoms with Crippen LogP contribution in [-0.2, 0) is 12.8 Å². The summed E-state index contributed by atoms with van der Waals surface area (Å²) in [5.74, 6) is -1.09. The molecule has 1 saturated carbocycles. The van der Waals surface area contributed by atoms with Crippen LogP contribution >= 0.6 is 0 Å². The van der Waals surface area contributed by atoms with Crippen LogP contribution in [0.2, 0.25) is 0 Å². The van der Waals surface area contributed by atoms with Crippen LogP contribution < -0.4 is 10.5 Å². The van der Waals surface area contributed by atoms with E-state index in [0.29, 0.717) is 30.2 Å².